The van der Waals surface area contributed by atoms with Gasteiger partial charge in [0.15, 0.2) is 0 Å². The number of ether oxygens (including phenoxy) is 1. The van der Waals surface area contributed by atoms with Gasteiger partial charge in [-0.3, -0.25) is 10.1 Å². The lowest BCUT2D eigenvalue weighted by Gasteiger charge is -2.12. The van der Waals surface area contributed by atoms with E-state index >= 15 is 0 Å². The van der Waals surface area contributed by atoms with Crippen LogP contribution in [0.4, 0.5) is 0 Å². The van der Waals surface area contributed by atoms with Crippen LogP contribution in [-0.2, 0) is 16.6 Å². The molecule has 0 spiro atoms. The predicted molar refractivity (Wildman–Crippen MR) is 62.3 cm³/mol. The molecule has 0 fully saturated rings. The van der Waals surface area contributed by atoms with Gasteiger partial charge in [0.25, 0.3) is 0 Å². The monoisotopic (exact) mass is 241 g/mol. The van der Waals surface area contributed by atoms with Crippen LogP contribution in [0.15, 0.2) is 6.33 Å². The summed E-state index contributed by atoms with van der Waals surface area (Å²) in [6.07, 6.45) is 1.63. The highest BCUT2D eigenvalue weighted by atomic mass is 16.5. The molecule has 1 unspecified atom stereocenters. The van der Waals surface area contributed by atoms with Crippen molar-refractivity contribution in [1.82, 2.24) is 25.4 Å². The molecule has 1 atom stereocenters. The first-order valence-electron chi connectivity index (χ1n) is 5.48. The van der Waals surface area contributed by atoms with Crippen molar-refractivity contribution in [2.24, 2.45) is 7.05 Å². The second-order valence-corrected chi connectivity index (χ2v) is 3.75. The fraction of sp³-hybridized carbons (Fsp3) is 0.700. The Morgan fingerprint density at radius 3 is 3.00 bits per heavy atom. The first kappa shape index (κ1) is 13.6. The van der Waals surface area contributed by atoms with Crippen LogP contribution < -0.4 is 10.6 Å². The van der Waals surface area contributed by atoms with Crippen molar-refractivity contribution in [1.29, 1.82) is 0 Å². The molecule has 1 heterocycles. The van der Waals surface area contributed by atoms with E-state index in [4.69, 9.17) is 4.74 Å². The molecule has 0 aliphatic carbocycles. The average Bonchev–Trinajstić information content (AvgIpc) is 2.73. The second kappa shape index (κ2) is 6.97. The predicted octanol–water partition coefficient (Wildman–Crippen LogP) is -0.772. The maximum atomic E-state index is 11.4. The third-order valence-corrected chi connectivity index (χ3v) is 2.33. The van der Waals surface area contributed by atoms with Crippen molar-refractivity contribution in [2.45, 2.75) is 13.0 Å². The summed E-state index contributed by atoms with van der Waals surface area (Å²) in [6, 6.07) is -0.0179. The molecule has 2 N–H and O–H groups in total. The van der Waals surface area contributed by atoms with Gasteiger partial charge in [-0.1, -0.05) is 0 Å². The van der Waals surface area contributed by atoms with Crippen LogP contribution in [0.25, 0.3) is 0 Å². The molecule has 96 valence electrons. The van der Waals surface area contributed by atoms with E-state index in [1.807, 2.05) is 18.5 Å². The Bertz CT molecular complexity index is 352. The molecular formula is C10H19N5O2. The lowest BCUT2D eigenvalue weighted by molar-refractivity contribution is -0.120. The zero-order chi connectivity index (χ0) is 12.7. The van der Waals surface area contributed by atoms with Crippen molar-refractivity contribution in [3.8, 4) is 0 Å². The van der Waals surface area contributed by atoms with Gasteiger partial charge in [-0.05, 0) is 6.92 Å². The maximum absolute atomic E-state index is 11.4. The number of amides is 1. The molecular weight excluding hydrogens is 222 g/mol. The van der Waals surface area contributed by atoms with Gasteiger partial charge in [-0.15, -0.1) is 10.2 Å². The summed E-state index contributed by atoms with van der Waals surface area (Å²) in [5.41, 5.74) is 0. The van der Waals surface area contributed by atoms with Crippen LogP contribution in [0.1, 0.15) is 18.8 Å². The van der Waals surface area contributed by atoms with Crippen LogP contribution in [0.5, 0.6) is 0 Å². The standard InChI is InChI=1S/C10H19N5O2/c1-8(10-14-13-7-15(10)2)12-6-9(16)11-4-5-17-3/h7-8,12H,4-6H2,1-3H3,(H,11,16). The van der Waals surface area contributed by atoms with E-state index in [1.165, 1.54) is 0 Å². The van der Waals surface area contributed by atoms with E-state index in [9.17, 15) is 4.79 Å². The summed E-state index contributed by atoms with van der Waals surface area (Å²) in [4.78, 5) is 11.4. The highest BCUT2D eigenvalue weighted by Crippen LogP contribution is 2.05. The zero-order valence-corrected chi connectivity index (χ0v) is 10.4. The molecule has 1 aromatic heterocycles. The molecule has 0 saturated heterocycles. The third kappa shape index (κ3) is 4.49. The van der Waals surface area contributed by atoms with Crippen molar-refractivity contribution in [2.75, 3.05) is 26.8 Å². The molecule has 1 rings (SSSR count). The van der Waals surface area contributed by atoms with Gasteiger partial charge in [0, 0.05) is 20.7 Å². The minimum absolute atomic E-state index is 0.0179. The molecule has 0 aromatic carbocycles. The van der Waals surface area contributed by atoms with E-state index in [0.717, 1.165) is 5.82 Å². The van der Waals surface area contributed by atoms with Gasteiger partial charge in [-0.25, -0.2) is 0 Å². The van der Waals surface area contributed by atoms with Crippen molar-refractivity contribution in [3.05, 3.63) is 12.2 Å². The first-order valence-corrected chi connectivity index (χ1v) is 5.48. The topological polar surface area (TPSA) is 81.1 Å². The summed E-state index contributed by atoms with van der Waals surface area (Å²) in [5.74, 6) is 0.741. The van der Waals surface area contributed by atoms with Gasteiger partial charge in [0.1, 0.15) is 12.2 Å². The van der Waals surface area contributed by atoms with E-state index in [-0.39, 0.29) is 18.5 Å². The Morgan fingerprint density at radius 1 is 1.65 bits per heavy atom. The van der Waals surface area contributed by atoms with Crippen molar-refractivity contribution >= 4 is 5.91 Å². The van der Waals surface area contributed by atoms with E-state index in [2.05, 4.69) is 20.8 Å². The molecule has 0 radical (unpaired) electrons. The SMILES string of the molecule is COCCNC(=O)CNC(C)c1nncn1C. The van der Waals surface area contributed by atoms with E-state index in [0.29, 0.717) is 13.2 Å². The zero-order valence-electron chi connectivity index (χ0n) is 10.4. The molecule has 0 aliphatic heterocycles. The van der Waals surface area contributed by atoms with Crippen LogP contribution in [0.3, 0.4) is 0 Å². The molecule has 7 heteroatoms. The second-order valence-electron chi connectivity index (χ2n) is 3.75. The average molecular weight is 241 g/mol. The Balaban J connectivity index is 2.26. The Hall–Kier alpha value is -1.47. The smallest absolute Gasteiger partial charge is 0.234 e. The van der Waals surface area contributed by atoms with Crippen molar-refractivity contribution in [3.63, 3.8) is 0 Å². The fourth-order valence-electron chi connectivity index (χ4n) is 1.38. The summed E-state index contributed by atoms with van der Waals surface area (Å²) in [5, 5.41) is 13.6. The summed E-state index contributed by atoms with van der Waals surface area (Å²) < 4.78 is 6.66. The number of aryl methyl sites for hydroxylation is 1. The minimum Gasteiger partial charge on any atom is -0.383 e. The number of carbonyl (C=O) groups excluding carboxylic acids is 1. The van der Waals surface area contributed by atoms with Crippen LogP contribution in [-0.4, -0.2) is 47.5 Å². The Labute approximate surface area is 101 Å². The van der Waals surface area contributed by atoms with Gasteiger partial charge < -0.3 is 14.6 Å². The molecule has 0 saturated carbocycles. The first-order chi connectivity index (χ1) is 8.15. The van der Waals surface area contributed by atoms with Crippen LogP contribution >= 0.6 is 0 Å². The van der Waals surface area contributed by atoms with Gasteiger partial charge >= 0.3 is 0 Å². The van der Waals surface area contributed by atoms with E-state index < -0.39 is 0 Å². The quantitative estimate of drug-likeness (QED) is 0.613. The maximum Gasteiger partial charge on any atom is 0.234 e. The number of hydrogen-bond donors (Lipinski definition) is 2. The number of nitrogens with one attached hydrogen (secondary N) is 2. The number of methoxy groups -OCH3 is 1. The lowest BCUT2D eigenvalue weighted by atomic mass is 10.3. The molecule has 7 nitrogen and oxygen atoms in total. The lowest BCUT2D eigenvalue weighted by Crippen LogP contribution is -2.37. The Kier molecular flexibility index (Phi) is 5.58. The van der Waals surface area contributed by atoms with Crippen LogP contribution in [0, 0.1) is 0 Å². The largest absolute Gasteiger partial charge is 0.383 e. The normalized spacial score (nSPS) is 12.4. The fourth-order valence-corrected chi connectivity index (χ4v) is 1.38. The van der Waals surface area contributed by atoms with Gasteiger partial charge in [0.05, 0.1) is 19.2 Å². The molecule has 0 bridgehead atoms. The minimum atomic E-state index is -0.0592. The van der Waals surface area contributed by atoms with Gasteiger partial charge in [0.2, 0.25) is 5.91 Å². The van der Waals surface area contributed by atoms with Crippen LogP contribution in [0.2, 0.25) is 0 Å². The third-order valence-electron chi connectivity index (χ3n) is 2.33. The number of hydrogen-bond acceptors (Lipinski definition) is 5. The molecule has 17 heavy (non-hydrogen) atoms. The highest BCUT2D eigenvalue weighted by molar-refractivity contribution is 5.77. The number of nitrogens with zero attached hydrogens (tertiary/aromatic N) is 3. The summed E-state index contributed by atoms with van der Waals surface area (Å²) >= 11 is 0. The molecule has 1 aromatic rings. The highest BCUT2D eigenvalue weighted by Gasteiger charge is 2.11. The summed E-state index contributed by atoms with van der Waals surface area (Å²) in [7, 11) is 3.47. The summed E-state index contributed by atoms with van der Waals surface area (Å²) in [6.45, 7) is 3.23. The Morgan fingerprint density at radius 2 is 2.41 bits per heavy atom. The van der Waals surface area contributed by atoms with Crippen molar-refractivity contribution < 1.29 is 9.53 Å². The number of aromatic nitrogens is 3. The number of carbonyl (C=O) groups is 1. The number of rotatable bonds is 7. The van der Waals surface area contributed by atoms with Gasteiger partial charge in [-0.2, -0.15) is 0 Å². The molecule has 1 amide bonds. The van der Waals surface area contributed by atoms with E-state index in [1.54, 1.807) is 13.4 Å². The molecule has 0 aliphatic rings.